The van der Waals surface area contributed by atoms with Crippen molar-refractivity contribution in [3.05, 3.63) is 53.1 Å². The van der Waals surface area contributed by atoms with E-state index in [4.69, 9.17) is 9.47 Å². The van der Waals surface area contributed by atoms with Crippen molar-refractivity contribution in [1.82, 2.24) is 20.2 Å². The molecule has 3 aromatic rings. The predicted octanol–water partition coefficient (Wildman–Crippen LogP) is 4.40. The van der Waals surface area contributed by atoms with E-state index in [2.05, 4.69) is 60.6 Å². The van der Waals surface area contributed by atoms with E-state index < -0.39 is 0 Å². The lowest BCUT2D eigenvalue weighted by molar-refractivity contribution is 0.354. The van der Waals surface area contributed by atoms with E-state index in [1.54, 1.807) is 30.7 Å². The molecule has 0 aliphatic rings. The molecule has 0 saturated heterocycles. The number of benzene rings is 2. The summed E-state index contributed by atoms with van der Waals surface area (Å²) in [6.45, 7) is 6.42. The fraction of sp³-hybridized carbons (Fsp3) is 0.350. The van der Waals surface area contributed by atoms with Crippen LogP contribution in [0.3, 0.4) is 0 Å². The van der Waals surface area contributed by atoms with Gasteiger partial charge in [0.2, 0.25) is 5.16 Å². The van der Waals surface area contributed by atoms with E-state index in [-0.39, 0.29) is 0 Å². The zero-order valence-corrected chi connectivity index (χ0v) is 17.1. The quantitative estimate of drug-likeness (QED) is 0.563. The van der Waals surface area contributed by atoms with Gasteiger partial charge in [0, 0.05) is 5.75 Å². The second-order valence-corrected chi connectivity index (χ2v) is 7.48. The molecule has 6 nitrogen and oxygen atoms in total. The highest BCUT2D eigenvalue weighted by Crippen LogP contribution is 2.33. The van der Waals surface area contributed by atoms with Gasteiger partial charge in [0.05, 0.1) is 19.9 Å². The number of tetrazole rings is 1. The van der Waals surface area contributed by atoms with Gasteiger partial charge in [-0.25, -0.2) is 0 Å². The topological polar surface area (TPSA) is 62.1 Å². The number of aryl methyl sites for hydroxylation is 1. The Morgan fingerprint density at radius 1 is 1.04 bits per heavy atom. The van der Waals surface area contributed by atoms with Gasteiger partial charge in [0.25, 0.3) is 0 Å². The Kier molecular flexibility index (Phi) is 6.01. The van der Waals surface area contributed by atoms with Gasteiger partial charge in [-0.2, -0.15) is 4.68 Å². The van der Waals surface area contributed by atoms with Crippen LogP contribution in [0.1, 0.15) is 36.5 Å². The highest BCUT2D eigenvalue weighted by Gasteiger charge is 2.13. The molecule has 0 aliphatic carbocycles. The lowest BCUT2D eigenvalue weighted by Crippen LogP contribution is -2.00. The molecule has 0 fully saturated rings. The van der Waals surface area contributed by atoms with Crippen LogP contribution >= 0.6 is 11.8 Å². The van der Waals surface area contributed by atoms with Crippen LogP contribution in [0.15, 0.2) is 41.6 Å². The van der Waals surface area contributed by atoms with Gasteiger partial charge in [-0.1, -0.05) is 37.7 Å². The van der Waals surface area contributed by atoms with Crippen molar-refractivity contribution < 1.29 is 9.47 Å². The summed E-state index contributed by atoms with van der Waals surface area (Å²) < 4.78 is 12.5. The molecule has 0 radical (unpaired) electrons. The molecule has 0 bridgehead atoms. The first-order chi connectivity index (χ1) is 13.0. The smallest absolute Gasteiger partial charge is 0.214 e. The Morgan fingerprint density at radius 3 is 2.33 bits per heavy atom. The van der Waals surface area contributed by atoms with Crippen molar-refractivity contribution in [3.8, 4) is 17.2 Å². The minimum atomic E-state index is 0.495. The third-order valence-corrected chi connectivity index (χ3v) is 5.41. The standard InChI is InChI=1S/C20H24N4O2S/c1-13(2)15-6-8-17(9-7-15)24-20(21-22-23-24)27-12-16-11-19(26-5)18(25-4)10-14(16)3/h6-11,13H,12H2,1-5H3. The largest absolute Gasteiger partial charge is 0.493 e. The molecular weight excluding hydrogens is 360 g/mol. The number of aromatic nitrogens is 4. The predicted molar refractivity (Wildman–Crippen MR) is 107 cm³/mol. The maximum absolute atomic E-state index is 5.41. The second-order valence-electron chi connectivity index (χ2n) is 6.54. The van der Waals surface area contributed by atoms with E-state index >= 15 is 0 Å². The highest BCUT2D eigenvalue weighted by atomic mass is 32.2. The third-order valence-electron chi connectivity index (χ3n) is 4.44. The van der Waals surface area contributed by atoms with Gasteiger partial charge < -0.3 is 9.47 Å². The third kappa shape index (κ3) is 4.24. The van der Waals surface area contributed by atoms with Crippen LogP contribution in [0, 0.1) is 6.92 Å². The zero-order chi connectivity index (χ0) is 19.4. The molecule has 0 amide bonds. The summed E-state index contributed by atoms with van der Waals surface area (Å²) in [5.74, 6) is 2.69. The molecule has 0 spiro atoms. The maximum atomic E-state index is 5.41. The van der Waals surface area contributed by atoms with Crippen molar-refractivity contribution in [2.24, 2.45) is 0 Å². The summed E-state index contributed by atoms with van der Waals surface area (Å²) in [6, 6.07) is 12.3. The molecule has 0 N–H and O–H groups in total. The number of methoxy groups -OCH3 is 2. The lowest BCUT2D eigenvalue weighted by atomic mass is 10.0. The SMILES string of the molecule is COc1cc(C)c(CSc2nnnn2-c2ccc(C(C)C)cc2)cc1OC. The molecule has 142 valence electrons. The van der Waals surface area contributed by atoms with Crippen LogP contribution in [0.5, 0.6) is 11.5 Å². The van der Waals surface area contributed by atoms with Crippen LogP contribution in [0.4, 0.5) is 0 Å². The van der Waals surface area contributed by atoms with Crippen molar-refractivity contribution in [2.75, 3.05) is 14.2 Å². The fourth-order valence-electron chi connectivity index (χ4n) is 2.75. The normalized spacial score (nSPS) is 11.0. The van der Waals surface area contributed by atoms with Crippen LogP contribution in [-0.2, 0) is 5.75 Å². The Hall–Kier alpha value is -2.54. The molecule has 1 aromatic heterocycles. The van der Waals surface area contributed by atoms with E-state index in [1.807, 2.05) is 12.1 Å². The first-order valence-electron chi connectivity index (χ1n) is 8.76. The molecule has 0 unspecified atom stereocenters. The molecule has 7 heteroatoms. The molecular formula is C20H24N4O2S. The summed E-state index contributed by atoms with van der Waals surface area (Å²) in [7, 11) is 3.29. The molecule has 27 heavy (non-hydrogen) atoms. The Balaban J connectivity index is 1.79. The zero-order valence-electron chi connectivity index (χ0n) is 16.3. The van der Waals surface area contributed by atoms with Gasteiger partial charge in [0.15, 0.2) is 11.5 Å². The van der Waals surface area contributed by atoms with Crippen LogP contribution in [0.25, 0.3) is 5.69 Å². The van der Waals surface area contributed by atoms with Gasteiger partial charge in [-0.3, -0.25) is 0 Å². The summed E-state index contributed by atoms with van der Waals surface area (Å²) >= 11 is 1.59. The van der Waals surface area contributed by atoms with Crippen LogP contribution in [-0.4, -0.2) is 34.4 Å². The minimum absolute atomic E-state index is 0.495. The Morgan fingerprint density at radius 2 is 1.70 bits per heavy atom. The highest BCUT2D eigenvalue weighted by molar-refractivity contribution is 7.98. The minimum Gasteiger partial charge on any atom is -0.493 e. The number of rotatable bonds is 7. The molecule has 2 aromatic carbocycles. The monoisotopic (exact) mass is 384 g/mol. The van der Waals surface area contributed by atoms with Gasteiger partial charge in [-0.05, 0) is 64.2 Å². The van der Waals surface area contributed by atoms with Crippen LogP contribution < -0.4 is 9.47 Å². The first-order valence-corrected chi connectivity index (χ1v) is 9.75. The van der Waals surface area contributed by atoms with Gasteiger partial charge >= 0.3 is 0 Å². The molecule has 1 heterocycles. The van der Waals surface area contributed by atoms with E-state index in [0.29, 0.717) is 5.92 Å². The maximum Gasteiger partial charge on any atom is 0.214 e. The number of hydrogen-bond acceptors (Lipinski definition) is 6. The average Bonchev–Trinajstić information content (AvgIpc) is 3.15. The summed E-state index contributed by atoms with van der Waals surface area (Å²) in [5.41, 5.74) is 4.54. The van der Waals surface area contributed by atoms with E-state index in [0.717, 1.165) is 39.2 Å². The van der Waals surface area contributed by atoms with Crippen molar-refractivity contribution >= 4 is 11.8 Å². The molecule has 0 atom stereocenters. The van der Waals surface area contributed by atoms with Crippen molar-refractivity contribution in [1.29, 1.82) is 0 Å². The van der Waals surface area contributed by atoms with Gasteiger partial charge in [-0.15, -0.1) is 5.10 Å². The first kappa shape index (κ1) is 19.2. The summed E-state index contributed by atoms with van der Waals surface area (Å²) in [6.07, 6.45) is 0. The Bertz CT molecular complexity index is 907. The molecule has 3 rings (SSSR count). The van der Waals surface area contributed by atoms with Crippen molar-refractivity contribution in [2.45, 2.75) is 37.6 Å². The number of hydrogen-bond donors (Lipinski definition) is 0. The lowest BCUT2D eigenvalue weighted by Gasteiger charge is -2.12. The van der Waals surface area contributed by atoms with Crippen molar-refractivity contribution in [3.63, 3.8) is 0 Å². The molecule has 0 aliphatic heterocycles. The number of nitrogens with zero attached hydrogens (tertiary/aromatic N) is 4. The van der Waals surface area contributed by atoms with Gasteiger partial charge in [0.1, 0.15) is 0 Å². The van der Waals surface area contributed by atoms with Crippen LogP contribution in [0.2, 0.25) is 0 Å². The summed E-state index contributed by atoms with van der Waals surface area (Å²) in [4.78, 5) is 0. The van der Waals surface area contributed by atoms with E-state index in [9.17, 15) is 0 Å². The number of ether oxygens (including phenoxy) is 2. The fourth-order valence-corrected chi connectivity index (χ4v) is 3.71. The van der Waals surface area contributed by atoms with E-state index in [1.165, 1.54) is 5.56 Å². The average molecular weight is 385 g/mol. The number of thioether (sulfide) groups is 1. The Labute approximate surface area is 163 Å². The molecule has 0 saturated carbocycles. The summed E-state index contributed by atoms with van der Waals surface area (Å²) in [5, 5.41) is 12.9. The second kappa shape index (κ2) is 8.43.